The Morgan fingerprint density at radius 1 is 1.12 bits per heavy atom. The van der Waals surface area contributed by atoms with Crippen LogP contribution in [0.2, 0.25) is 0 Å². The number of nitrogens with zero attached hydrogens (tertiary/aromatic N) is 1. The summed E-state index contributed by atoms with van der Waals surface area (Å²) in [5, 5.41) is 12.0. The number of benzene rings is 3. The molecular weight excluding hydrogens is 574 g/mol. The molecule has 3 aromatic rings. The Kier molecular flexibility index (Phi) is 7.90. The molecule has 0 aliphatic carbocycles. The Labute approximate surface area is 210 Å². The molecule has 10 heteroatoms. The van der Waals surface area contributed by atoms with Crippen LogP contribution in [0.5, 0.6) is 11.5 Å². The largest absolute Gasteiger partial charge is 0.493 e. The van der Waals surface area contributed by atoms with Gasteiger partial charge in [0.2, 0.25) is 0 Å². The zero-order valence-electron chi connectivity index (χ0n) is 18.0. The Hall–Kier alpha value is -3.43. The second-order valence-electron chi connectivity index (χ2n) is 7.02. The highest BCUT2D eigenvalue weighted by molar-refractivity contribution is 14.1. The normalized spacial score (nSPS) is 11.4. The lowest BCUT2D eigenvalue weighted by atomic mass is 10.1. The molecule has 1 N–H and O–H groups in total. The van der Waals surface area contributed by atoms with Crippen LogP contribution in [0.3, 0.4) is 0 Å². The van der Waals surface area contributed by atoms with E-state index in [1.54, 1.807) is 18.2 Å². The third-order valence-corrected chi connectivity index (χ3v) is 6.57. The van der Waals surface area contributed by atoms with Crippen molar-refractivity contribution in [3.63, 3.8) is 0 Å². The highest BCUT2D eigenvalue weighted by Crippen LogP contribution is 2.36. The summed E-state index contributed by atoms with van der Waals surface area (Å²) in [5.41, 5.74) is 1.42. The molecular formula is C24H18FIN2O5S. The van der Waals surface area contributed by atoms with E-state index in [-0.39, 0.29) is 22.0 Å². The smallest absolute Gasteiger partial charge is 0.339 e. The number of carbonyl (C=O) groups excluding carboxylic acids is 1. The monoisotopic (exact) mass is 592 g/mol. The number of hydrogen-bond acceptors (Lipinski definition) is 6. The first-order valence-electron chi connectivity index (χ1n) is 9.70. The topological polar surface area (TPSA) is 105 Å². The molecule has 0 unspecified atom stereocenters. The summed E-state index contributed by atoms with van der Waals surface area (Å²) >= 11 is 1.88. The van der Waals surface area contributed by atoms with Crippen molar-refractivity contribution < 1.29 is 26.5 Å². The van der Waals surface area contributed by atoms with E-state index in [0.29, 0.717) is 14.8 Å². The predicted octanol–water partition coefficient (Wildman–Crippen LogP) is 5.06. The second-order valence-corrected chi connectivity index (χ2v) is 9.72. The number of halogens is 2. The number of nitriles is 1. The maximum atomic E-state index is 13.1. The molecule has 3 rings (SSSR count). The number of ether oxygens (including phenoxy) is 1. The van der Waals surface area contributed by atoms with Gasteiger partial charge in [-0.15, -0.1) is 0 Å². The van der Waals surface area contributed by atoms with E-state index in [2.05, 4.69) is 5.32 Å². The average Bonchev–Trinajstić information content (AvgIpc) is 2.80. The first-order valence-corrected chi connectivity index (χ1v) is 12.2. The Bertz CT molecular complexity index is 1400. The molecule has 0 saturated carbocycles. The van der Waals surface area contributed by atoms with Crippen LogP contribution in [-0.2, 0) is 14.9 Å². The van der Waals surface area contributed by atoms with Gasteiger partial charge in [-0.1, -0.05) is 17.7 Å². The minimum Gasteiger partial charge on any atom is -0.493 e. The average molecular weight is 592 g/mol. The van der Waals surface area contributed by atoms with E-state index in [0.717, 1.165) is 5.56 Å². The fraction of sp³-hybridized carbons (Fsp3) is 0.0833. The number of anilines is 1. The summed E-state index contributed by atoms with van der Waals surface area (Å²) in [6.07, 6.45) is 1.32. The van der Waals surface area contributed by atoms with E-state index in [4.69, 9.17) is 8.92 Å². The minimum absolute atomic E-state index is 0.0100. The molecule has 3 aromatic carbocycles. The Morgan fingerprint density at radius 2 is 1.76 bits per heavy atom. The van der Waals surface area contributed by atoms with E-state index in [1.165, 1.54) is 55.7 Å². The summed E-state index contributed by atoms with van der Waals surface area (Å²) in [6, 6.07) is 16.1. The van der Waals surface area contributed by atoms with Crippen molar-refractivity contribution in [2.45, 2.75) is 11.8 Å². The zero-order valence-corrected chi connectivity index (χ0v) is 21.0. The first-order chi connectivity index (χ1) is 16.1. The van der Waals surface area contributed by atoms with E-state index in [1.807, 2.05) is 35.6 Å². The standard InChI is InChI=1S/C24H18FIN2O5S/c1-15-3-9-20(10-4-15)34(30,31)33-23-21(26)12-16(13-22(23)32-2)11-17(14-27)24(29)28-19-7-5-18(25)6-8-19/h3-13H,1-2H3,(H,28,29)/b17-11+. The number of hydrogen-bond donors (Lipinski definition) is 1. The van der Waals surface area contributed by atoms with Crippen molar-refractivity contribution in [2.75, 3.05) is 12.4 Å². The lowest BCUT2D eigenvalue weighted by Crippen LogP contribution is -2.13. The molecule has 34 heavy (non-hydrogen) atoms. The van der Waals surface area contributed by atoms with Gasteiger partial charge in [-0.3, -0.25) is 4.79 Å². The quantitative estimate of drug-likeness (QED) is 0.178. The van der Waals surface area contributed by atoms with Gasteiger partial charge in [-0.2, -0.15) is 13.7 Å². The van der Waals surface area contributed by atoms with Gasteiger partial charge in [-0.05, 0) is 89.7 Å². The molecule has 174 valence electrons. The molecule has 0 atom stereocenters. The molecule has 0 aromatic heterocycles. The van der Waals surface area contributed by atoms with Crippen LogP contribution in [0.25, 0.3) is 6.08 Å². The van der Waals surface area contributed by atoms with Gasteiger partial charge in [0.05, 0.1) is 10.7 Å². The van der Waals surface area contributed by atoms with E-state index >= 15 is 0 Å². The van der Waals surface area contributed by atoms with Gasteiger partial charge >= 0.3 is 10.1 Å². The number of amides is 1. The zero-order chi connectivity index (χ0) is 24.9. The fourth-order valence-corrected chi connectivity index (χ4v) is 4.66. The molecule has 7 nitrogen and oxygen atoms in total. The van der Waals surface area contributed by atoms with Gasteiger partial charge in [0.15, 0.2) is 11.5 Å². The Morgan fingerprint density at radius 3 is 2.35 bits per heavy atom. The van der Waals surface area contributed by atoms with Gasteiger partial charge in [-0.25, -0.2) is 4.39 Å². The number of aryl methyl sites for hydroxylation is 1. The molecule has 0 saturated heterocycles. The molecule has 1 amide bonds. The van der Waals surface area contributed by atoms with E-state index in [9.17, 15) is 22.9 Å². The van der Waals surface area contributed by atoms with Crippen LogP contribution in [0.15, 0.2) is 71.1 Å². The van der Waals surface area contributed by atoms with Gasteiger partial charge in [0.25, 0.3) is 5.91 Å². The molecule has 0 fully saturated rings. The van der Waals surface area contributed by atoms with Crippen LogP contribution in [0.1, 0.15) is 11.1 Å². The molecule has 0 bridgehead atoms. The third kappa shape index (κ3) is 6.12. The Balaban J connectivity index is 1.90. The highest BCUT2D eigenvalue weighted by Gasteiger charge is 2.22. The number of carbonyl (C=O) groups is 1. The van der Waals surface area contributed by atoms with E-state index < -0.39 is 21.8 Å². The number of nitrogens with one attached hydrogen (secondary N) is 1. The molecule has 0 aliphatic rings. The summed E-state index contributed by atoms with van der Waals surface area (Å²) in [6.45, 7) is 1.84. The summed E-state index contributed by atoms with van der Waals surface area (Å²) < 4.78 is 49.5. The van der Waals surface area contributed by atoms with Crippen LogP contribution in [-0.4, -0.2) is 21.4 Å². The fourth-order valence-electron chi connectivity index (χ4n) is 2.81. The van der Waals surface area contributed by atoms with Crippen LogP contribution in [0, 0.1) is 27.6 Å². The lowest BCUT2D eigenvalue weighted by molar-refractivity contribution is -0.112. The maximum absolute atomic E-state index is 13.1. The van der Waals surface area contributed by atoms with Crippen LogP contribution < -0.4 is 14.2 Å². The number of rotatable bonds is 7. The summed E-state index contributed by atoms with van der Waals surface area (Å²) in [7, 11) is -2.78. The van der Waals surface area contributed by atoms with Crippen molar-refractivity contribution in [2.24, 2.45) is 0 Å². The summed E-state index contributed by atoms with van der Waals surface area (Å²) in [4.78, 5) is 12.5. The van der Waals surface area contributed by atoms with Crippen molar-refractivity contribution in [3.05, 3.63) is 86.8 Å². The van der Waals surface area contributed by atoms with Crippen molar-refractivity contribution >= 4 is 50.4 Å². The SMILES string of the molecule is COc1cc(/C=C(\C#N)C(=O)Nc2ccc(F)cc2)cc(I)c1OS(=O)(=O)c1ccc(C)cc1. The molecule has 0 heterocycles. The first kappa shape index (κ1) is 25.2. The van der Waals surface area contributed by atoms with Crippen molar-refractivity contribution in [3.8, 4) is 17.6 Å². The van der Waals surface area contributed by atoms with Crippen molar-refractivity contribution in [1.29, 1.82) is 5.26 Å². The summed E-state index contributed by atoms with van der Waals surface area (Å²) in [5.74, 6) is -1.06. The van der Waals surface area contributed by atoms with Crippen molar-refractivity contribution in [1.82, 2.24) is 0 Å². The van der Waals surface area contributed by atoms with Crippen LogP contribution >= 0.6 is 22.6 Å². The van der Waals surface area contributed by atoms with Gasteiger partial charge in [0.1, 0.15) is 22.4 Å². The van der Waals surface area contributed by atoms with Crippen LogP contribution in [0.4, 0.5) is 10.1 Å². The second kappa shape index (κ2) is 10.7. The predicted molar refractivity (Wildman–Crippen MR) is 133 cm³/mol. The van der Waals surface area contributed by atoms with Gasteiger partial charge in [0, 0.05) is 5.69 Å². The molecule has 0 aliphatic heterocycles. The number of methoxy groups -OCH3 is 1. The molecule has 0 spiro atoms. The minimum atomic E-state index is -4.12. The third-order valence-electron chi connectivity index (χ3n) is 4.53. The lowest BCUT2D eigenvalue weighted by Gasteiger charge is -2.14. The van der Waals surface area contributed by atoms with Gasteiger partial charge < -0.3 is 14.2 Å². The molecule has 0 radical (unpaired) electrons. The maximum Gasteiger partial charge on any atom is 0.339 e. The highest BCUT2D eigenvalue weighted by atomic mass is 127.